The van der Waals surface area contributed by atoms with E-state index in [-0.39, 0.29) is 5.56 Å². The Kier molecular flexibility index (Phi) is 4.78. The average Bonchev–Trinajstić information content (AvgIpc) is 2.60. The Labute approximate surface area is 155 Å². The number of nitrogens with zero attached hydrogens (tertiary/aromatic N) is 1. The van der Waals surface area contributed by atoms with Crippen molar-refractivity contribution in [2.24, 2.45) is 0 Å². The van der Waals surface area contributed by atoms with E-state index in [1.807, 2.05) is 62.4 Å². The molecule has 0 saturated heterocycles. The molecule has 1 unspecified atom stereocenters. The molecule has 0 aliphatic heterocycles. The molecule has 4 heteroatoms. The van der Waals surface area contributed by atoms with Crippen LogP contribution in [0.1, 0.15) is 30.5 Å². The molecule has 1 N–H and O–H groups in total. The summed E-state index contributed by atoms with van der Waals surface area (Å²) in [5.41, 5.74) is 2.82. The molecule has 25 heavy (non-hydrogen) atoms. The Bertz CT molecular complexity index is 1030. The summed E-state index contributed by atoms with van der Waals surface area (Å²) in [6, 6.07) is 18.3. The largest absolute Gasteiger partial charge is 0.322 e. The highest BCUT2D eigenvalue weighted by Gasteiger charge is 2.27. The zero-order valence-corrected chi connectivity index (χ0v) is 15.9. The first kappa shape index (κ1) is 17.4. The van der Waals surface area contributed by atoms with Crippen LogP contribution in [0.2, 0.25) is 0 Å². The number of nitrogens with one attached hydrogen (secondary N) is 1. The molecule has 0 aliphatic carbocycles. The van der Waals surface area contributed by atoms with Crippen LogP contribution in [0, 0.1) is 11.3 Å². The van der Waals surface area contributed by atoms with E-state index in [9.17, 15) is 10.1 Å². The Balaban J connectivity index is 2.06. The first-order valence-corrected chi connectivity index (χ1v) is 9.06. The van der Waals surface area contributed by atoms with Crippen molar-refractivity contribution in [3.05, 3.63) is 80.0 Å². The second-order valence-corrected chi connectivity index (χ2v) is 7.45. The van der Waals surface area contributed by atoms with E-state index >= 15 is 0 Å². The third-order valence-corrected chi connectivity index (χ3v) is 5.13. The SMILES string of the molecule is CCc1cc2ccc(C(C)(C#N)Cc3cccc(Br)c3)cc2[nH]c1=O. The third-order valence-electron chi connectivity index (χ3n) is 4.63. The molecule has 0 radical (unpaired) electrons. The normalized spacial score (nSPS) is 13.4. The molecule has 3 aromatic rings. The maximum absolute atomic E-state index is 12.1. The monoisotopic (exact) mass is 394 g/mol. The van der Waals surface area contributed by atoms with Crippen molar-refractivity contribution >= 4 is 26.8 Å². The standard InChI is InChI=1S/C21H19BrN2O/c1-3-15-10-16-7-8-17(11-19(16)24-20(15)25)21(2,13-23)12-14-5-4-6-18(22)9-14/h4-11H,3,12H2,1-2H3,(H,24,25). The van der Waals surface area contributed by atoms with Crippen molar-refractivity contribution in [2.45, 2.75) is 32.1 Å². The van der Waals surface area contributed by atoms with Crippen LogP contribution in [-0.4, -0.2) is 4.98 Å². The molecular formula is C21H19BrN2O. The van der Waals surface area contributed by atoms with Crippen molar-refractivity contribution in [1.82, 2.24) is 4.98 Å². The first-order valence-electron chi connectivity index (χ1n) is 8.27. The van der Waals surface area contributed by atoms with Gasteiger partial charge in [0, 0.05) is 15.6 Å². The van der Waals surface area contributed by atoms with Gasteiger partial charge in [-0.2, -0.15) is 5.26 Å². The lowest BCUT2D eigenvalue weighted by atomic mass is 9.78. The van der Waals surface area contributed by atoms with Gasteiger partial charge >= 0.3 is 0 Å². The molecular weight excluding hydrogens is 376 g/mol. The van der Waals surface area contributed by atoms with Gasteiger partial charge in [0.1, 0.15) is 0 Å². The number of benzene rings is 2. The lowest BCUT2D eigenvalue weighted by Crippen LogP contribution is -2.23. The molecule has 1 aromatic heterocycles. The van der Waals surface area contributed by atoms with Crippen molar-refractivity contribution in [2.75, 3.05) is 0 Å². The van der Waals surface area contributed by atoms with E-state index in [1.165, 1.54) is 0 Å². The zero-order valence-electron chi connectivity index (χ0n) is 14.3. The van der Waals surface area contributed by atoms with Crippen molar-refractivity contribution in [3.8, 4) is 6.07 Å². The van der Waals surface area contributed by atoms with Gasteiger partial charge in [0.25, 0.3) is 5.56 Å². The van der Waals surface area contributed by atoms with Crippen molar-refractivity contribution < 1.29 is 0 Å². The van der Waals surface area contributed by atoms with Gasteiger partial charge in [-0.1, -0.05) is 47.1 Å². The lowest BCUT2D eigenvalue weighted by Gasteiger charge is -2.23. The summed E-state index contributed by atoms with van der Waals surface area (Å²) in [5, 5.41) is 10.8. The number of aromatic nitrogens is 1. The molecule has 0 bridgehead atoms. The van der Waals surface area contributed by atoms with Gasteiger partial charge in [-0.15, -0.1) is 0 Å². The second-order valence-electron chi connectivity index (χ2n) is 6.53. The Morgan fingerprint density at radius 3 is 2.68 bits per heavy atom. The number of hydrogen-bond acceptors (Lipinski definition) is 2. The highest BCUT2D eigenvalue weighted by Crippen LogP contribution is 2.30. The van der Waals surface area contributed by atoms with Gasteiger partial charge in [0.15, 0.2) is 0 Å². The van der Waals surface area contributed by atoms with E-state index in [2.05, 4.69) is 27.0 Å². The van der Waals surface area contributed by atoms with Crippen LogP contribution in [0.3, 0.4) is 0 Å². The fraction of sp³-hybridized carbons (Fsp3) is 0.238. The molecule has 0 aliphatic rings. The molecule has 3 rings (SSSR count). The minimum absolute atomic E-state index is 0.0576. The van der Waals surface area contributed by atoms with Gasteiger partial charge in [0.2, 0.25) is 0 Å². The van der Waals surface area contributed by atoms with Crippen molar-refractivity contribution in [1.29, 1.82) is 5.26 Å². The summed E-state index contributed by atoms with van der Waals surface area (Å²) >= 11 is 3.48. The maximum atomic E-state index is 12.1. The van der Waals surface area contributed by atoms with Gasteiger partial charge < -0.3 is 4.98 Å². The van der Waals surface area contributed by atoms with E-state index in [1.54, 1.807) is 0 Å². The quantitative estimate of drug-likeness (QED) is 0.685. The van der Waals surface area contributed by atoms with Gasteiger partial charge in [0.05, 0.1) is 11.5 Å². The Morgan fingerprint density at radius 2 is 2.00 bits per heavy atom. The summed E-state index contributed by atoms with van der Waals surface area (Å²) in [6.45, 7) is 3.91. The second kappa shape index (κ2) is 6.85. The molecule has 0 amide bonds. The number of aromatic amines is 1. The van der Waals surface area contributed by atoms with Crippen molar-refractivity contribution in [3.63, 3.8) is 0 Å². The van der Waals surface area contributed by atoms with Crippen LogP contribution in [0.4, 0.5) is 0 Å². The van der Waals surface area contributed by atoms with E-state index in [4.69, 9.17) is 0 Å². The summed E-state index contributed by atoms with van der Waals surface area (Å²) < 4.78 is 1.00. The van der Waals surface area contributed by atoms with Crippen LogP contribution >= 0.6 is 15.9 Å². The van der Waals surface area contributed by atoms with E-state index < -0.39 is 5.41 Å². The van der Waals surface area contributed by atoms with Crippen LogP contribution in [0.15, 0.2) is 57.8 Å². The van der Waals surface area contributed by atoms with Crippen LogP contribution in [0.5, 0.6) is 0 Å². The predicted molar refractivity (Wildman–Crippen MR) is 105 cm³/mol. The average molecular weight is 395 g/mol. The van der Waals surface area contributed by atoms with Gasteiger partial charge in [-0.25, -0.2) is 0 Å². The minimum Gasteiger partial charge on any atom is -0.322 e. The third kappa shape index (κ3) is 3.52. The number of halogens is 1. The van der Waals surface area contributed by atoms with Crippen LogP contribution in [-0.2, 0) is 18.3 Å². The number of aryl methyl sites for hydroxylation is 1. The fourth-order valence-electron chi connectivity index (χ4n) is 3.11. The molecule has 3 nitrogen and oxygen atoms in total. The summed E-state index contributed by atoms with van der Waals surface area (Å²) in [6.07, 6.45) is 1.30. The van der Waals surface area contributed by atoms with Gasteiger partial charge in [-0.05, 0) is 60.5 Å². The number of rotatable bonds is 4. The zero-order chi connectivity index (χ0) is 18.0. The number of H-pyrrole nitrogens is 1. The Hall–Kier alpha value is -2.38. The maximum Gasteiger partial charge on any atom is 0.251 e. The smallest absolute Gasteiger partial charge is 0.251 e. The van der Waals surface area contributed by atoms with E-state index in [0.717, 1.165) is 32.1 Å². The number of pyridine rings is 1. The Morgan fingerprint density at radius 1 is 1.20 bits per heavy atom. The molecule has 2 aromatic carbocycles. The minimum atomic E-state index is -0.671. The number of hydrogen-bond donors (Lipinski definition) is 1. The lowest BCUT2D eigenvalue weighted by molar-refractivity contribution is 0.607. The molecule has 126 valence electrons. The molecule has 0 saturated carbocycles. The molecule has 1 atom stereocenters. The summed E-state index contributed by atoms with van der Waals surface area (Å²) in [5.74, 6) is 0. The number of nitriles is 1. The number of fused-ring (bicyclic) bond motifs is 1. The topological polar surface area (TPSA) is 56.6 Å². The predicted octanol–water partition coefficient (Wildman–Crippen LogP) is 4.88. The van der Waals surface area contributed by atoms with E-state index in [0.29, 0.717) is 12.8 Å². The van der Waals surface area contributed by atoms with Gasteiger partial charge in [-0.3, -0.25) is 4.79 Å². The molecule has 0 spiro atoms. The molecule has 0 fully saturated rings. The fourth-order valence-corrected chi connectivity index (χ4v) is 3.56. The van der Waals surface area contributed by atoms with Crippen LogP contribution in [0.25, 0.3) is 10.9 Å². The highest BCUT2D eigenvalue weighted by molar-refractivity contribution is 9.10. The first-order chi connectivity index (χ1) is 11.9. The summed E-state index contributed by atoms with van der Waals surface area (Å²) in [7, 11) is 0. The highest BCUT2D eigenvalue weighted by atomic mass is 79.9. The molecule has 1 heterocycles. The summed E-state index contributed by atoms with van der Waals surface area (Å²) in [4.78, 5) is 15.0. The van der Waals surface area contributed by atoms with Crippen LogP contribution < -0.4 is 5.56 Å².